The Morgan fingerprint density at radius 3 is 2.64 bits per heavy atom. The van der Waals surface area contributed by atoms with E-state index in [-0.39, 0.29) is 25.3 Å². The molecule has 1 unspecified atom stereocenters. The molecule has 28 heavy (non-hydrogen) atoms. The third-order valence-corrected chi connectivity index (χ3v) is 4.53. The molecule has 1 aromatic heterocycles. The number of hydrogen-bond acceptors (Lipinski definition) is 5. The van der Waals surface area contributed by atoms with Crippen LogP contribution in [-0.2, 0) is 11.3 Å². The van der Waals surface area contributed by atoms with Crippen LogP contribution in [0.1, 0.15) is 48.4 Å². The zero-order valence-corrected chi connectivity index (χ0v) is 16.6. The molecule has 150 valence electrons. The van der Waals surface area contributed by atoms with Crippen LogP contribution in [0.25, 0.3) is 11.3 Å². The number of hydrogen-bond donors (Lipinski definition) is 2. The number of ether oxygens (including phenoxy) is 1. The van der Waals surface area contributed by atoms with Crippen molar-refractivity contribution in [3.63, 3.8) is 0 Å². The molecule has 0 radical (unpaired) electrons. The highest BCUT2D eigenvalue weighted by molar-refractivity contribution is 6.00. The van der Waals surface area contributed by atoms with Gasteiger partial charge < -0.3 is 20.5 Å². The number of aromatic nitrogens is 2. The molecule has 1 aromatic carbocycles. The molecule has 1 aliphatic rings. The van der Waals surface area contributed by atoms with E-state index in [1.54, 1.807) is 25.5 Å². The summed E-state index contributed by atoms with van der Waals surface area (Å²) in [5, 5.41) is 14.4. The molecule has 3 rings (SSSR count). The first-order chi connectivity index (χ1) is 13.1. The molecule has 8 heteroatoms. The lowest BCUT2D eigenvalue weighted by atomic mass is 10.0. The molecule has 8 nitrogen and oxygen atoms in total. The van der Waals surface area contributed by atoms with E-state index in [2.05, 4.69) is 5.10 Å². The Morgan fingerprint density at radius 1 is 1.36 bits per heavy atom. The Hall–Kier alpha value is -2.87. The van der Waals surface area contributed by atoms with Crippen LogP contribution in [0.3, 0.4) is 0 Å². The van der Waals surface area contributed by atoms with Crippen molar-refractivity contribution < 1.29 is 19.4 Å². The Morgan fingerprint density at radius 2 is 2.07 bits per heavy atom. The topological polar surface area (TPSA) is 111 Å². The van der Waals surface area contributed by atoms with Crippen molar-refractivity contribution in [2.45, 2.75) is 45.9 Å². The molecule has 0 saturated heterocycles. The normalized spacial score (nSPS) is 16.6. The third-order valence-electron chi connectivity index (χ3n) is 4.53. The number of primary amides is 1. The van der Waals surface area contributed by atoms with Gasteiger partial charge in [0.1, 0.15) is 11.3 Å². The van der Waals surface area contributed by atoms with Gasteiger partial charge in [0.15, 0.2) is 0 Å². The summed E-state index contributed by atoms with van der Waals surface area (Å²) in [4.78, 5) is 26.3. The molecule has 0 aliphatic carbocycles. The maximum absolute atomic E-state index is 12.6. The summed E-state index contributed by atoms with van der Waals surface area (Å²) in [5.41, 5.74) is 8.03. The third kappa shape index (κ3) is 3.87. The molecule has 0 fully saturated rings. The molecule has 0 bridgehead atoms. The molecule has 1 atom stereocenters. The Bertz CT molecular complexity index is 913. The van der Waals surface area contributed by atoms with Crippen LogP contribution in [0.2, 0.25) is 0 Å². The van der Waals surface area contributed by atoms with Crippen molar-refractivity contribution in [3.05, 3.63) is 41.1 Å². The van der Waals surface area contributed by atoms with Gasteiger partial charge in [0.2, 0.25) is 0 Å². The summed E-state index contributed by atoms with van der Waals surface area (Å²) in [6.45, 7) is 7.42. The number of nitrogens with zero attached hydrogens (tertiary/aromatic N) is 3. The number of benzene rings is 1. The van der Waals surface area contributed by atoms with E-state index in [9.17, 15) is 14.7 Å². The van der Waals surface area contributed by atoms with Gasteiger partial charge in [-0.25, -0.2) is 4.79 Å². The lowest BCUT2D eigenvalue weighted by molar-refractivity contribution is 0.0127. The largest absolute Gasteiger partial charge is 0.444 e. The lowest BCUT2D eigenvalue weighted by Crippen LogP contribution is -2.45. The molecular formula is C20H26N4O4. The van der Waals surface area contributed by atoms with Gasteiger partial charge in [-0.3, -0.25) is 9.48 Å². The lowest BCUT2D eigenvalue weighted by Gasteiger charge is -2.34. The van der Waals surface area contributed by atoms with Crippen LogP contribution < -0.4 is 5.73 Å². The number of aryl methyl sites for hydroxylation is 1. The quantitative estimate of drug-likeness (QED) is 0.840. The van der Waals surface area contributed by atoms with Crippen LogP contribution in [0.5, 0.6) is 0 Å². The van der Waals surface area contributed by atoms with Gasteiger partial charge in [-0.05, 0) is 33.8 Å². The number of aliphatic hydroxyl groups is 1. The Kier molecular flexibility index (Phi) is 5.16. The first kappa shape index (κ1) is 19.9. The highest BCUT2D eigenvalue weighted by atomic mass is 16.6. The molecule has 0 saturated carbocycles. The number of carbonyl (C=O) groups is 2. The number of carbonyl (C=O) groups excluding carboxylic acids is 2. The molecule has 0 spiro atoms. The van der Waals surface area contributed by atoms with Crippen molar-refractivity contribution in [2.75, 3.05) is 13.2 Å². The number of fused-ring (bicyclic) bond motifs is 1. The van der Waals surface area contributed by atoms with E-state index in [0.29, 0.717) is 11.4 Å². The summed E-state index contributed by atoms with van der Waals surface area (Å²) in [7, 11) is 0. The maximum atomic E-state index is 12.6. The summed E-state index contributed by atoms with van der Waals surface area (Å²) in [6.07, 6.45) is -0.508. The van der Waals surface area contributed by atoms with Crippen molar-refractivity contribution in [3.8, 4) is 11.3 Å². The summed E-state index contributed by atoms with van der Waals surface area (Å²) >= 11 is 0. The van der Waals surface area contributed by atoms with Gasteiger partial charge in [0, 0.05) is 12.1 Å². The van der Waals surface area contributed by atoms with Crippen molar-refractivity contribution in [1.82, 2.24) is 14.7 Å². The molecule has 2 aromatic rings. The second kappa shape index (κ2) is 7.27. The molecule has 1 aliphatic heterocycles. The summed E-state index contributed by atoms with van der Waals surface area (Å²) in [5.74, 6) is -0.625. The van der Waals surface area contributed by atoms with Crippen LogP contribution in [0.15, 0.2) is 24.3 Å². The second-order valence-electron chi connectivity index (χ2n) is 8.05. The highest BCUT2D eigenvalue weighted by Crippen LogP contribution is 2.32. The van der Waals surface area contributed by atoms with E-state index in [1.165, 1.54) is 4.90 Å². The zero-order valence-electron chi connectivity index (χ0n) is 16.6. The fourth-order valence-electron chi connectivity index (χ4n) is 3.35. The van der Waals surface area contributed by atoms with Crippen LogP contribution in [0, 0.1) is 6.92 Å². The average molecular weight is 386 g/mol. The van der Waals surface area contributed by atoms with Crippen LogP contribution in [0.4, 0.5) is 4.79 Å². The molecular weight excluding hydrogens is 360 g/mol. The number of nitrogens with two attached hydrogens (primary N) is 1. The predicted octanol–water partition coefficient (Wildman–Crippen LogP) is 2.24. The van der Waals surface area contributed by atoms with Gasteiger partial charge >= 0.3 is 6.09 Å². The van der Waals surface area contributed by atoms with Gasteiger partial charge in [-0.2, -0.15) is 5.10 Å². The number of amides is 2. The molecule has 3 N–H and O–H groups in total. The maximum Gasteiger partial charge on any atom is 0.410 e. The first-order valence-corrected chi connectivity index (χ1v) is 9.17. The average Bonchev–Trinajstić information content (AvgIpc) is 2.99. The van der Waals surface area contributed by atoms with E-state index in [0.717, 1.165) is 11.1 Å². The SMILES string of the molecule is Cc1cccc(-c2nn3c(c2C(N)=O)CN(C(=O)OC(C)(C)C)CC3CO)c1. The predicted molar refractivity (Wildman–Crippen MR) is 104 cm³/mol. The number of aliphatic hydroxyl groups excluding tert-OH is 1. The fourth-order valence-corrected chi connectivity index (χ4v) is 3.35. The Labute approximate surface area is 163 Å². The molecule has 2 heterocycles. The van der Waals surface area contributed by atoms with Crippen LogP contribution in [-0.4, -0.2) is 50.5 Å². The Balaban J connectivity index is 2.07. The number of rotatable bonds is 3. The first-order valence-electron chi connectivity index (χ1n) is 9.17. The van der Waals surface area contributed by atoms with E-state index in [1.807, 2.05) is 31.2 Å². The van der Waals surface area contributed by atoms with Gasteiger partial charge in [-0.15, -0.1) is 0 Å². The van der Waals surface area contributed by atoms with Gasteiger partial charge in [0.25, 0.3) is 5.91 Å². The van der Waals surface area contributed by atoms with E-state index in [4.69, 9.17) is 10.5 Å². The van der Waals surface area contributed by atoms with E-state index < -0.39 is 23.6 Å². The fraction of sp³-hybridized carbons (Fsp3) is 0.450. The minimum absolute atomic E-state index is 0.127. The minimum atomic E-state index is -0.650. The van der Waals surface area contributed by atoms with Crippen molar-refractivity contribution >= 4 is 12.0 Å². The molecule has 2 amide bonds. The van der Waals surface area contributed by atoms with Crippen LogP contribution >= 0.6 is 0 Å². The van der Waals surface area contributed by atoms with Crippen molar-refractivity contribution in [2.24, 2.45) is 5.73 Å². The summed E-state index contributed by atoms with van der Waals surface area (Å²) < 4.78 is 7.06. The standard InChI is InChI=1S/C20H26N4O4/c1-12-6-5-7-13(8-12)17-16(18(21)26)15-10-23(19(27)28-20(2,3)4)9-14(11-25)24(15)22-17/h5-8,14,25H,9-11H2,1-4H3,(H2,21,26). The van der Waals surface area contributed by atoms with E-state index >= 15 is 0 Å². The van der Waals surface area contributed by atoms with Crippen molar-refractivity contribution in [1.29, 1.82) is 0 Å². The monoisotopic (exact) mass is 386 g/mol. The second-order valence-corrected chi connectivity index (χ2v) is 8.05. The highest BCUT2D eigenvalue weighted by Gasteiger charge is 2.35. The van der Waals surface area contributed by atoms with Gasteiger partial charge in [0.05, 0.1) is 30.5 Å². The smallest absolute Gasteiger partial charge is 0.410 e. The van der Waals surface area contributed by atoms with Gasteiger partial charge in [-0.1, -0.05) is 23.8 Å². The summed E-state index contributed by atoms with van der Waals surface area (Å²) in [6, 6.07) is 7.11. The minimum Gasteiger partial charge on any atom is -0.444 e. The zero-order chi connectivity index (χ0) is 20.6.